The van der Waals surface area contributed by atoms with Crippen LogP contribution in [0.25, 0.3) is 6.08 Å². The molecule has 1 aliphatic heterocycles. The van der Waals surface area contributed by atoms with E-state index in [-0.39, 0.29) is 6.03 Å². The van der Waals surface area contributed by atoms with Gasteiger partial charge in [0.15, 0.2) is 0 Å². The van der Waals surface area contributed by atoms with Crippen molar-refractivity contribution in [2.45, 2.75) is 13.8 Å². The van der Waals surface area contributed by atoms with Crippen molar-refractivity contribution >= 4 is 17.8 Å². The number of amides is 2. The zero-order valence-corrected chi connectivity index (χ0v) is 16.3. The summed E-state index contributed by atoms with van der Waals surface area (Å²) in [4.78, 5) is 19.2. The molecule has 1 fully saturated rings. The van der Waals surface area contributed by atoms with E-state index >= 15 is 0 Å². The van der Waals surface area contributed by atoms with Gasteiger partial charge in [-0.25, -0.2) is 4.79 Å². The van der Waals surface area contributed by atoms with Crippen molar-refractivity contribution < 1.29 is 4.79 Å². The van der Waals surface area contributed by atoms with Crippen LogP contribution in [0.4, 0.5) is 10.5 Å². The van der Waals surface area contributed by atoms with Crippen LogP contribution < -0.4 is 4.90 Å². The Morgan fingerprint density at radius 3 is 2.44 bits per heavy atom. The zero-order chi connectivity index (χ0) is 19.1. The number of carbonyl (C=O) groups excluding carboxylic acids is 1. The molecule has 0 unspecified atom stereocenters. The van der Waals surface area contributed by atoms with Crippen LogP contribution >= 0.6 is 0 Å². The van der Waals surface area contributed by atoms with Crippen LogP contribution in [0.3, 0.4) is 0 Å². The van der Waals surface area contributed by atoms with E-state index < -0.39 is 0 Å². The number of urea groups is 1. The van der Waals surface area contributed by atoms with Crippen LogP contribution in [0.15, 0.2) is 60.7 Å². The maximum atomic E-state index is 13.0. The van der Waals surface area contributed by atoms with Crippen LogP contribution in [0.5, 0.6) is 0 Å². The molecular formula is C23H29N3O. The molecule has 1 heterocycles. The predicted octanol–water partition coefficient (Wildman–Crippen LogP) is 4.27. The summed E-state index contributed by atoms with van der Waals surface area (Å²) in [6, 6.07) is 18.6. The molecule has 2 aromatic rings. The lowest BCUT2D eigenvalue weighted by molar-refractivity contribution is 0.151. The first-order valence-corrected chi connectivity index (χ1v) is 9.74. The molecular weight excluding hydrogens is 334 g/mol. The topological polar surface area (TPSA) is 26.8 Å². The van der Waals surface area contributed by atoms with Gasteiger partial charge in [0.1, 0.15) is 0 Å². The second-order valence-electron chi connectivity index (χ2n) is 6.97. The fourth-order valence-electron chi connectivity index (χ4n) is 3.42. The van der Waals surface area contributed by atoms with Crippen molar-refractivity contribution in [1.82, 2.24) is 9.80 Å². The fraction of sp³-hybridized carbons (Fsp3) is 0.348. The summed E-state index contributed by atoms with van der Waals surface area (Å²) >= 11 is 0. The largest absolute Gasteiger partial charge is 0.324 e. The number of carbonyl (C=O) groups is 1. The summed E-state index contributed by atoms with van der Waals surface area (Å²) in [6.45, 7) is 9.08. The van der Waals surface area contributed by atoms with Crippen molar-refractivity contribution in [1.29, 1.82) is 0 Å². The van der Waals surface area contributed by atoms with E-state index in [2.05, 4.69) is 60.4 Å². The van der Waals surface area contributed by atoms with Crippen molar-refractivity contribution in [3.8, 4) is 0 Å². The molecule has 4 heteroatoms. The first-order chi connectivity index (χ1) is 13.2. The molecule has 2 aromatic carbocycles. The third-order valence-corrected chi connectivity index (χ3v) is 4.98. The van der Waals surface area contributed by atoms with Gasteiger partial charge in [0.05, 0.1) is 0 Å². The van der Waals surface area contributed by atoms with Gasteiger partial charge in [-0.1, -0.05) is 54.6 Å². The van der Waals surface area contributed by atoms with E-state index in [0.717, 1.165) is 38.4 Å². The van der Waals surface area contributed by atoms with Gasteiger partial charge < -0.3 is 4.90 Å². The van der Waals surface area contributed by atoms with E-state index in [4.69, 9.17) is 0 Å². The third-order valence-electron chi connectivity index (χ3n) is 4.98. The van der Waals surface area contributed by atoms with Gasteiger partial charge in [0, 0.05) is 45.0 Å². The fourth-order valence-corrected chi connectivity index (χ4v) is 3.42. The Bertz CT molecular complexity index is 764. The average Bonchev–Trinajstić information content (AvgIpc) is 2.70. The van der Waals surface area contributed by atoms with Crippen LogP contribution in [0.2, 0.25) is 0 Å². The smallest absolute Gasteiger partial charge is 0.322 e. The molecule has 2 amide bonds. The highest BCUT2D eigenvalue weighted by Gasteiger charge is 2.25. The van der Waals surface area contributed by atoms with Gasteiger partial charge >= 0.3 is 6.03 Å². The Morgan fingerprint density at radius 2 is 1.78 bits per heavy atom. The van der Waals surface area contributed by atoms with Gasteiger partial charge in [-0.15, -0.1) is 0 Å². The molecule has 0 N–H and O–H groups in total. The molecule has 1 aliphatic rings. The minimum absolute atomic E-state index is 0.113. The van der Waals surface area contributed by atoms with E-state index in [1.807, 2.05) is 34.9 Å². The van der Waals surface area contributed by atoms with E-state index in [9.17, 15) is 4.79 Å². The number of rotatable bonds is 5. The molecule has 0 aliphatic carbocycles. The lowest BCUT2D eigenvalue weighted by Crippen LogP contribution is -2.53. The molecule has 1 saturated heterocycles. The lowest BCUT2D eigenvalue weighted by Gasteiger charge is -2.37. The SMILES string of the molecule is CCN(C(=O)N1CCN(C/C=C/c2ccccc2)CC1)c1cccc(C)c1. The first-order valence-electron chi connectivity index (χ1n) is 9.74. The molecule has 27 heavy (non-hydrogen) atoms. The summed E-state index contributed by atoms with van der Waals surface area (Å²) in [5.74, 6) is 0. The highest BCUT2D eigenvalue weighted by atomic mass is 16.2. The molecule has 3 rings (SSSR count). The number of nitrogens with zero attached hydrogens (tertiary/aromatic N) is 3. The number of piperazine rings is 1. The second-order valence-corrected chi connectivity index (χ2v) is 6.97. The predicted molar refractivity (Wildman–Crippen MR) is 113 cm³/mol. The van der Waals surface area contributed by atoms with Crippen molar-refractivity contribution in [3.05, 3.63) is 71.8 Å². The molecule has 0 spiro atoms. The normalized spacial score (nSPS) is 15.3. The van der Waals surface area contributed by atoms with Crippen LogP contribution in [-0.2, 0) is 0 Å². The van der Waals surface area contributed by atoms with Crippen molar-refractivity contribution in [2.75, 3.05) is 44.2 Å². The minimum Gasteiger partial charge on any atom is -0.322 e. The van der Waals surface area contributed by atoms with Gasteiger partial charge in [0.25, 0.3) is 0 Å². The molecule has 4 nitrogen and oxygen atoms in total. The lowest BCUT2D eigenvalue weighted by atomic mass is 10.2. The quantitative estimate of drug-likeness (QED) is 0.793. The summed E-state index contributed by atoms with van der Waals surface area (Å²) in [7, 11) is 0. The highest BCUT2D eigenvalue weighted by molar-refractivity contribution is 5.92. The summed E-state index contributed by atoms with van der Waals surface area (Å²) < 4.78 is 0. The van der Waals surface area contributed by atoms with E-state index in [0.29, 0.717) is 6.54 Å². The van der Waals surface area contributed by atoms with Gasteiger partial charge in [-0.05, 0) is 37.1 Å². The number of hydrogen-bond donors (Lipinski definition) is 0. The number of benzene rings is 2. The standard InChI is InChI=1S/C23H29N3O/c1-3-26(22-13-7-9-20(2)19-22)23(27)25-17-15-24(16-18-25)14-8-12-21-10-5-4-6-11-21/h4-13,19H,3,14-18H2,1-2H3/b12-8+. The minimum atomic E-state index is 0.113. The van der Waals surface area contributed by atoms with Crippen LogP contribution in [-0.4, -0.2) is 55.1 Å². The first kappa shape index (κ1) is 19.2. The van der Waals surface area contributed by atoms with Crippen LogP contribution in [0, 0.1) is 6.92 Å². The number of aryl methyl sites for hydroxylation is 1. The van der Waals surface area contributed by atoms with Crippen molar-refractivity contribution in [3.63, 3.8) is 0 Å². The number of anilines is 1. The monoisotopic (exact) mass is 363 g/mol. The molecule has 0 atom stereocenters. The zero-order valence-electron chi connectivity index (χ0n) is 16.3. The molecule has 0 aromatic heterocycles. The maximum absolute atomic E-state index is 13.0. The summed E-state index contributed by atoms with van der Waals surface area (Å²) in [6.07, 6.45) is 4.37. The molecule has 0 radical (unpaired) electrons. The van der Waals surface area contributed by atoms with Crippen molar-refractivity contribution in [2.24, 2.45) is 0 Å². The average molecular weight is 364 g/mol. The Kier molecular flexibility index (Phi) is 6.66. The number of hydrogen-bond acceptors (Lipinski definition) is 2. The molecule has 0 bridgehead atoms. The molecule has 142 valence electrons. The Hall–Kier alpha value is -2.59. The van der Waals surface area contributed by atoms with Gasteiger partial charge in [-0.3, -0.25) is 9.80 Å². The highest BCUT2D eigenvalue weighted by Crippen LogP contribution is 2.18. The Balaban J connectivity index is 1.52. The maximum Gasteiger partial charge on any atom is 0.324 e. The second kappa shape index (κ2) is 9.38. The molecule has 0 saturated carbocycles. The van der Waals surface area contributed by atoms with Gasteiger partial charge in [0.2, 0.25) is 0 Å². The Labute approximate surface area is 162 Å². The third kappa shape index (κ3) is 5.20. The van der Waals surface area contributed by atoms with E-state index in [1.54, 1.807) is 0 Å². The van der Waals surface area contributed by atoms with Gasteiger partial charge in [-0.2, -0.15) is 0 Å². The van der Waals surface area contributed by atoms with E-state index in [1.165, 1.54) is 11.1 Å². The van der Waals surface area contributed by atoms with Crippen LogP contribution in [0.1, 0.15) is 18.1 Å². The Morgan fingerprint density at radius 1 is 1.04 bits per heavy atom. The summed E-state index contributed by atoms with van der Waals surface area (Å²) in [5.41, 5.74) is 3.38. The summed E-state index contributed by atoms with van der Waals surface area (Å²) in [5, 5.41) is 0.